The van der Waals surface area contributed by atoms with Gasteiger partial charge in [-0.05, 0) is 33.2 Å². The van der Waals surface area contributed by atoms with Crippen LogP contribution in [-0.4, -0.2) is 58.9 Å². The maximum Gasteiger partial charge on any atom is 0.151 e. The molecule has 0 bridgehead atoms. The van der Waals surface area contributed by atoms with Crippen molar-refractivity contribution in [1.29, 1.82) is 0 Å². The molecule has 0 amide bonds. The summed E-state index contributed by atoms with van der Waals surface area (Å²) in [4.78, 5) is 2.28. The molecule has 2 heterocycles. The molecule has 126 valence electrons. The van der Waals surface area contributed by atoms with E-state index >= 15 is 0 Å². The second-order valence-electron chi connectivity index (χ2n) is 6.12. The summed E-state index contributed by atoms with van der Waals surface area (Å²) in [5.41, 5.74) is 3.19. The first-order valence-electron chi connectivity index (χ1n) is 7.96. The summed E-state index contributed by atoms with van der Waals surface area (Å²) in [5.74, 6) is 0.579. The number of aromatic nitrogens is 2. The van der Waals surface area contributed by atoms with Gasteiger partial charge in [0.25, 0.3) is 0 Å². The quantitative estimate of drug-likeness (QED) is 0.804. The van der Waals surface area contributed by atoms with Crippen LogP contribution in [0.15, 0.2) is 0 Å². The van der Waals surface area contributed by atoms with Gasteiger partial charge in [0.05, 0.1) is 30.4 Å². The average Bonchev–Trinajstić information content (AvgIpc) is 2.93. The lowest BCUT2D eigenvalue weighted by Gasteiger charge is -2.27. The van der Waals surface area contributed by atoms with E-state index in [9.17, 15) is 8.42 Å². The van der Waals surface area contributed by atoms with Crippen LogP contribution in [0.1, 0.15) is 36.7 Å². The van der Waals surface area contributed by atoms with Crippen LogP contribution in [0.25, 0.3) is 0 Å². The van der Waals surface area contributed by atoms with Crippen LogP contribution in [0.3, 0.4) is 0 Å². The zero-order valence-electron chi connectivity index (χ0n) is 13.7. The minimum Gasteiger partial charge on any atom is -0.394 e. The molecule has 1 saturated heterocycles. The smallest absolute Gasteiger partial charge is 0.151 e. The van der Waals surface area contributed by atoms with Crippen molar-refractivity contribution in [3.8, 4) is 0 Å². The minimum absolute atomic E-state index is 0.0704. The number of hydrogen-bond acceptors (Lipinski definition) is 5. The number of nitrogens with zero attached hydrogens (tertiary/aromatic N) is 3. The van der Waals surface area contributed by atoms with E-state index in [2.05, 4.69) is 16.9 Å². The lowest BCUT2D eigenvalue weighted by molar-refractivity contribution is 0.203. The number of rotatable bonds is 7. The molecule has 6 nitrogen and oxygen atoms in total. The first-order chi connectivity index (χ1) is 10.4. The van der Waals surface area contributed by atoms with E-state index in [-0.39, 0.29) is 18.4 Å². The van der Waals surface area contributed by atoms with Gasteiger partial charge >= 0.3 is 0 Å². The van der Waals surface area contributed by atoms with Gasteiger partial charge in [0.1, 0.15) is 0 Å². The summed E-state index contributed by atoms with van der Waals surface area (Å²) in [7, 11) is -2.87. The molecule has 7 heteroatoms. The highest BCUT2D eigenvalue weighted by molar-refractivity contribution is 7.91. The first-order valence-corrected chi connectivity index (χ1v) is 9.78. The van der Waals surface area contributed by atoms with Gasteiger partial charge in [-0.15, -0.1) is 0 Å². The number of aliphatic hydroxyl groups excluding tert-OH is 1. The lowest BCUT2D eigenvalue weighted by atomic mass is 10.1. The summed E-state index contributed by atoms with van der Waals surface area (Å²) in [6.07, 6.45) is 1.73. The third-order valence-electron chi connectivity index (χ3n) is 4.44. The van der Waals surface area contributed by atoms with Gasteiger partial charge < -0.3 is 5.11 Å². The Hall–Kier alpha value is -0.920. The Morgan fingerprint density at radius 1 is 1.41 bits per heavy atom. The summed E-state index contributed by atoms with van der Waals surface area (Å²) < 4.78 is 25.3. The Morgan fingerprint density at radius 2 is 2.14 bits per heavy atom. The normalized spacial score (nSPS) is 20.9. The number of aryl methyl sites for hydroxylation is 1. The van der Waals surface area contributed by atoms with Crippen LogP contribution in [-0.2, 0) is 22.9 Å². The van der Waals surface area contributed by atoms with Gasteiger partial charge in [-0.2, -0.15) is 5.10 Å². The zero-order valence-corrected chi connectivity index (χ0v) is 14.6. The van der Waals surface area contributed by atoms with Gasteiger partial charge in [0.15, 0.2) is 9.84 Å². The molecule has 1 aliphatic heterocycles. The van der Waals surface area contributed by atoms with Crippen LogP contribution in [0.4, 0.5) is 0 Å². The molecule has 1 fully saturated rings. The maximum atomic E-state index is 11.8. The minimum atomic E-state index is -2.87. The van der Waals surface area contributed by atoms with E-state index in [1.165, 1.54) is 0 Å². The molecule has 1 N–H and O–H groups in total. The van der Waals surface area contributed by atoms with Crippen LogP contribution in [0.5, 0.6) is 0 Å². The van der Waals surface area contributed by atoms with E-state index in [1.54, 1.807) is 0 Å². The highest BCUT2D eigenvalue weighted by Gasteiger charge is 2.32. The van der Waals surface area contributed by atoms with Crippen molar-refractivity contribution in [2.24, 2.45) is 0 Å². The Morgan fingerprint density at radius 3 is 2.68 bits per heavy atom. The van der Waals surface area contributed by atoms with E-state index in [0.717, 1.165) is 42.9 Å². The van der Waals surface area contributed by atoms with Crippen molar-refractivity contribution in [3.05, 3.63) is 17.0 Å². The molecule has 1 aliphatic rings. The van der Waals surface area contributed by atoms with Crippen molar-refractivity contribution in [2.75, 3.05) is 24.7 Å². The Labute approximate surface area is 133 Å². The van der Waals surface area contributed by atoms with Crippen LogP contribution in [0, 0.1) is 13.8 Å². The van der Waals surface area contributed by atoms with Crippen LogP contribution in [0.2, 0.25) is 0 Å². The Bertz CT molecular complexity index is 610. The van der Waals surface area contributed by atoms with Crippen molar-refractivity contribution < 1.29 is 13.5 Å². The topological polar surface area (TPSA) is 75.4 Å². The molecule has 22 heavy (non-hydrogen) atoms. The van der Waals surface area contributed by atoms with Gasteiger partial charge in [-0.25, -0.2) is 8.42 Å². The summed E-state index contributed by atoms with van der Waals surface area (Å²) in [5, 5.41) is 13.6. The molecule has 0 aromatic carbocycles. The maximum absolute atomic E-state index is 11.8. The average molecular weight is 329 g/mol. The molecular formula is C15H27N3O3S. The summed E-state index contributed by atoms with van der Waals surface area (Å²) in [6, 6.07) is 0.116. The van der Waals surface area contributed by atoms with Gasteiger partial charge in [0, 0.05) is 23.8 Å². The molecular weight excluding hydrogens is 302 g/mol. The van der Waals surface area contributed by atoms with Crippen molar-refractivity contribution in [3.63, 3.8) is 0 Å². The Kier molecular flexibility index (Phi) is 5.63. The predicted octanol–water partition coefficient (Wildman–Crippen LogP) is 0.891. The van der Waals surface area contributed by atoms with E-state index in [1.807, 2.05) is 18.5 Å². The number of hydrogen-bond donors (Lipinski definition) is 1. The zero-order chi connectivity index (χ0) is 16.3. The van der Waals surface area contributed by atoms with Gasteiger partial charge in [0.2, 0.25) is 0 Å². The summed E-state index contributed by atoms with van der Waals surface area (Å²) >= 11 is 0. The van der Waals surface area contributed by atoms with Crippen molar-refractivity contribution in [1.82, 2.24) is 14.7 Å². The molecule has 0 radical (unpaired) electrons. The standard InChI is InChI=1S/C15H27N3O3S/c1-4-6-17(14-5-9-22(20,21)11-14)10-15-12(2)16-18(7-8-19)13(15)3/h14,19H,4-11H2,1-3H3. The third-order valence-corrected chi connectivity index (χ3v) is 6.19. The highest BCUT2D eigenvalue weighted by Crippen LogP contribution is 2.23. The van der Waals surface area contributed by atoms with Gasteiger partial charge in [-0.1, -0.05) is 6.92 Å². The second-order valence-corrected chi connectivity index (χ2v) is 8.35. The molecule has 0 saturated carbocycles. The summed E-state index contributed by atoms with van der Waals surface area (Å²) in [6.45, 7) is 8.30. The van der Waals surface area contributed by atoms with Gasteiger partial charge in [-0.3, -0.25) is 9.58 Å². The third kappa shape index (κ3) is 3.88. The van der Waals surface area contributed by atoms with Crippen LogP contribution >= 0.6 is 0 Å². The van der Waals surface area contributed by atoms with E-state index in [4.69, 9.17) is 5.11 Å². The molecule has 1 unspecified atom stereocenters. The molecule has 1 atom stereocenters. The fourth-order valence-corrected chi connectivity index (χ4v) is 4.98. The number of aliphatic hydroxyl groups is 1. The molecule has 1 aromatic rings. The second kappa shape index (κ2) is 7.10. The van der Waals surface area contributed by atoms with Crippen molar-refractivity contribution >= 4 is 9.84 Å². The fraction of sp³-hybridized carbons (Fsp3) is 0.800. The SMILES string of the molecule is CCCN(Cc1c(C)nn(CCO)c1C)C1CCS(=O)(=O)C1. The van der Waals surface area contributed by atoms with Crippen molar-refractivity contribution in [2.45, 2.75) is 52.7 Å². The molecule has 0 aliphatic carbocycles. The monoisotopic (exact) mass is 329 g/mol. The van der Waals surface area contributed by atoms with E-state index in [0.29, 0.717) is 12.3 Å². The Balaban J connectivity index is 2.18. The van der Waals surface area contributed by atoms with Crippen LogP contribution < -0.4 is 0 Å². The number of sulfone groups is 1. The van der Waals surface area contributed by atoms with E-state index < -0.39 is 9.84 Å². The molecule has 1 aromatic heterocycles. The first kappa shape index (κ1) is 17.4. The largest absolute Gasteiger partial charge is 0.394 e. The lowest BCUT2D eigenvalue weighted by Crippen LogP contribution is -2.36. The predicted molar refractivity (Wildman–Crippen MR) is 86.5 cm³/mol. The fourth-order valence-electron chi connectivity index (χ4n) is 3.22. The highest BCUT2D eigenvalue weighted by atomic mass is 32.2. The molecule has 2 rings (SSSR count). The molecule has 0 spiro atoms.